The largest absolute Gasteiger partial charge is 0.478 e. The van der Waals surface area contributed by atoms with Gasteiger partial charge in [0, 0.05) is 24.8 Å². The number of aliphatic hydroxyl groups is 1. The molecular formula is C32H50O5. The molecule has 0 aromatic rings. The number of hydrogen-bond donors (Lipinski definition) is 2. The number of aliphatic hydroxyl groups excluding tert-OH is 1. The first-order valence-electron chi connectivity index (χ1n) is 14.1. The quantitative estimate of drug-likeness (QED) is 0.210. The van der Waals surface area contributed by atoms with Crippen molar-refractivity contribution < 1.29 is 24.5 Å². The molecule has 2 aliphatic heterocycles. The molecule has 2 aliphatic rings. The van der Waals surface area contributed by atoms with Gasteiger partial charge in [0.15, 0.2) is 5.79 Å². The monoisotopic (exact) mass is 514 g/mol. The van der Waals surface area contributed by atoms with E-state index in [1.54, 1.807) is 13.0 Å². The van der Waals surface area contributed by atoms with E-state index in [2.05, 4.69) is 45.1 Å². The molecule has 7 atom stereocenters. The van der Waals surface area contributed by atoms with Gasteiger partial charge in [-0.3, -0.25) is 0 Å². The van der Waals surface area contributed by atoms with Crippen molar-refractivity contribution in [3.8, 4) is 0 Å². The van der Waals surface area contributed by atoms with Gasteiger partial charge in [0.1, 0.15) is 0 Å². The number of carboxylic acid groups (broad SMARTS) is 1. The summed E-state index contributed by atoms with van der Waals surface area (Å²) in [5, 5.41) is 19.1. The van der Waals surface area contributed by atoms with Gasteiger partial charge in [-0.25, -0.2) is 4.79 Å². The summed E-state index contributed by atoms with van der Waals surface area (Å²) in [6, 6.07) is 0. The third kappa shape index (κ3) is 10.7. The van der Waals surface area contributed by atoms with E-state index in [0.29, 0.717) is 17.8 Å². The fraction of sp³-hybridized carbons (Fsp3) is 0.656. The third-order valence-electron chi connectivity index (χ3n) is 7.72. The van der Waals surface area contributed by atoms with Gasteiger partial charge in [-0.1, -0.05) is 88.3 Å². The van der Waals surface area contributed by atoms with Crippen molar-refractivity contribution in [2.45, 2.75) is 111 Å². The van der Waals surface area contributed by atoms with Crippen LogP contribution >= 0.6 is 0 Å². The lowest BCUT2D eigenvalue weighted by Crippen LogP contribution is -2.52. The molecule has 5 heteroatoms. The van der Waals surface area contributed by atoms with Crippen LogP contribution in [0.2, 0.25) is 0 Å². The van der Waals surface area contributed by atoms with Crippen molar-refractivity contribution in [2.75, 3.05) is 0 Å². The molecule has 208 valence electrons. The SMILES string of the molecule is C/C=C/C=C/C1OC2(CCC(C)C(C/C=C(C)/C=C/C(O)C(C)/C=C/C(=O)O)O2)CCC1CCC(C)C. The molecular weight excluding hydrogens is 464 g/mol. The number of ether oxygens (including phenoxy) is 2. The highest BCUT2D eigenvalue weighted by Gasteiger charge is 2.46. The predicted octanol–water partition coefficient (Wildman–Crippen LogP) is 7.39. The van der Waals surface area contributed by atoms with Crippen LogP contribution in [0, 0.1) is 23.7 Å². The van der Waals surface area contributed by atoms with Crippen molar-refractivity contribution in [1.82, 2.24) is 0 Å². The molecule has 7 unspecified atom stereocenters. The topological polar surface area (TPSA) is 76.0 Å². The van der Waals surface area contributed by atoms with E-state index in [9.17, 15) is 9.90 Å². The van der Waals surface area contributed by atoms with Crippen molar-refractivity contribution in [2.24, 2.45) is 23.7 Å². The Balaban J connectivity index is 2.03. The maximum atomic E-state index is 10.7. The summed E-state index contributed by atoms with van der Waals surface area (Å²) in [6.07, 6.45) is 23.5. The Kier molecular flexibility index (Phi) is 13.1. The van der Waals surface area contributed by atoms with Crippen LogP contribution in [0.5, 0.6) is 0 Å². The molecule has 1 spiro atoms. The number of rotatable bonds is 12. The Bertz CT molecular complexity index is 851. The Morgan fingerprint density at radius 2 is 1.81 bits per heavy atom. The maximum absolute atomic E-state index is 10.7. The van der Waals surface area contributed by atoms with Crippen LogP contribution in [-0.4, -0.2) is 40.3 Å². The average Bonchev–Trinajstić information content (AvgIpc) is 2.86. The zero-order valence-electron chi connectivity index (χ0n) is 23.8. The van der Waals surface area contributed by atoms with Crippen LogP contribution in [0.4, 0.5) is 0 Å². The van der Waals surface area contributed by atoms with E-state index in [-0.39, 0.29) is 18.1 Å². The van der Waals surface area contributed by atoms with Gasteiger partial charge in [0.05, 0.1) is 18.3 Å². The van der Waals surface area contributed by atoms with Crippen LogP contribution in [-0.2, 0) is 14.3 Å². The van der Waals surface area contributed by atoms with Crippen LogP contribution in [0.3, 0.4) is 0 Å². The Hall–Kier alpha value is -1.95. The first-order chi connectivity index (χ1) is 17.5. The van der Waals surface area contributed by atoms with Crippen LogP contribution in [0.1, 0.15) is 86.5 Å². The van der Waals surface area contributed by atoms with Crippen LogP contribution in [0.15, 0.2) is 60.3 Å². The molecule has 0 aromatic heterocycles. The highest BCUT2D eigenvalue weighted by Crippen LogP contribution is 2.45. The summed E-state index contributed by atoms with van der Waals surface area (Å²) in [7, 11) is 0. The van der Waals surface area contributed by atoms with Gasteiger partial charge in [-0.05, 0) is 57.3 Å². The molecule has 2 N–H and O–H groups in total. The van der Waals surface area contributed by atoms with Crippen molar-refractivity contribution in [3.05, 3.63) is 60.3 Å². The normalized spacial score (nSPS) is 31.4. The zero-order chi connectivity index (χ0) is 27.4. The lowest BCUT2D eigenvalue weighted by molar-refractivity contribution is -0.324. The van der Waals surface area contributed by atoms with E-state index in [1.807, 2.05) is 26.0 Å². The molecule has 0 bridgehead atoms. The van der Waals surface area contributed by atoms with Gasteiger partial charge >= 0.3 is 5.97 Å². The Morgan fingerprint density at radius 1 is 1.08 bits per heavy atom. The summed E-state index contributed by atoms with van der Waals surface area (Å²) < 4.78 is 13.5. The number of carbonyl (C=O) groups is 1. The first-order valence-corrected chi connectivity index (χ1v) is 14.1. The predicted molar refractivity (Wildman–Crippen MR) is 151 cm³/mol. The minimum atomic E-state index is -1.01. The molecule has 0 amide bonds. The highest BCUT2D eigenvalue weighted by atomic mass is 16.7. The molecule has 2 saturated heterocycles. The molecule has 0 aromatic carbocycles. The average molecular weight is 515 g/mol. The number of carboxylic acids is 1. The second-order valence-electron chi connectivity index (χ2n) is 11.4. The maximum Gasteiger partial charge on any atom is 0.327 e. The van der Waals surface area contributed by atoms with Crippen molar-refractivity contribution in [1.29, 1.82) is 0 Å². The summed E-state index contributed by atoms with van der Waals surface area (Å²) in [5.41, 5.74) is 1.05. The van der Waals surface area contributed by atoms with Crippen molar-refractivity contribution >= 4 is 5.97 Å². The highest BCUT2D eigenvalue weighted by molar-refractivity contribution is 5.79. The van der Waals surface area contributed by atoms with E-state index in [4.69, 9.17) is 14.6 Å². The zero-order valence-corrected chi connectivity index (χ0v) is 23.8. The lowest BCUT2D eigenvalue weighted by Gasteiger charge is -2.49. The van der Waals surface area contributed by atoms with E-state index >= 15 is 0 Å². The number of aliphatic carboxylic acids is 1. The van der Waals surface area contributed by atoms with Gasteiger partial charge in [0.25, 0.3) is 0 Å². The molecule has 0 saturated carbocycles. The Labute approximate surface area is 225 Å². The summed E-state index contributed by atoms with van der Waals surface area (Å²) in [6.45, 7) is 12.7. The van der Waals surface area contributed by atoms with Crippen LogP contribution in [0.25, 0.3) is 0 Å². The van der Waals surface area contributed by atoms with E-state index in [1.165, 1.54) is 18.9 Å². The van der Waals surface area contributed by atoms with Gasteiger partial charge < -0.3 is 19.7 Å². The Morgan fingerprint density at radius 3 is 2.49 bits per heavy atom. The van der Waals surface area contributed by atoms with Crippen LogP contribution < -0.4 is 0 Å². The molecule has 0 aliphatic carbocycles. The summed E-state index contributed by atoms with van der Waals surface area (Å²) >= 11 is 0. The molecule has 2 fully saturated rings. The van der Waals surface area contributed by atoms with E-state index in [0.717, 1.165) is 43.8 Å². The lowest BCUT2D eigenvalue weighted by atomic mass is 9.81. The van der Waals surface area contributed by atoms with Gasteiger partial charge in [-0.15, -0.1) is 0 Å². The molecule has 2 heterocycles. The molecule has 2 rings (SSSR count). The fourth-order valence-corrected chi connectivity index (χ4v) is 5.09. The molecule has 0 radical (unpaired) electrons. The second kappa shape index (κ2) is 15.5. The third-order valence-corrected chi connectivity index (χ3v) is 7.72. The van der Waals surface area contributed by atoms with Gasteiger partial charge in [-0.2, -0.15) is 0 Å². The molecule has 37 heavy (non-hydrogen) atoms. The second-order valence-corrected chi connectivity index (χ2v) is 11.4. The summed E-state index contributed by atoms with van der Waals surface area (Å²) in [4.78, 5) is 10.7. The first kappa shape index (κ1) is 31.3. The fourth-order valence-electron chi connectivity index (χ4n) is 5.09. The number of hydrogen-bond acceptors (Lipinski definition) is 4. The molecule has 5 nitrogen and oxygen atoms in total. The smallest absolute Gasteiger partial charge is 0.327 e. The summed E-state index contributed by atoms with van der Waals surface area (Å²) in [5.74, 6) is -0.110. The number of allylic oxidation sites excluding steroid dienone is 5. The minimum Gasteiger partial charge on any atom is -0.478 e. The standard InChI is InChI=1S/C32H50O5/c1-7-8-9-10-30-27(15-11-23(2)3)20-22-32(37-30)21-19-26(6)29(36-32)17-13-24(4)12-16-28(33)25(5)14-18-31(34)35/h7-10,12-14,16,18,23,25-30,33H,11,15,17,19-22H2,1-6H3,(H,34,35)/b8-7+,10-9+,16-12+,18-14+,24-13+. The van der Waals surface area contributed by atoms with Crippen molar-refractivity contribution in [3.63, 3.8) is 0 Å². The van der Waals surface area contributed by atoms with Gasteiger partial charge in [0.2, 0.25) is 0 Å². The minimum absolute atomic E-state index is 0.0802. The van der Waals surface area contributed by atoms with E-state index < -0.39 is 17.9 Å².